The maximum atomic E-state index is 13.4. The minimum atomic E-state index is -1.14. The van der Waals surface area contributed by atoms with E-state index >= 15 is 0 Å². The van der Waals surface area contributed by atoms with Crippen LogP contribution in [0, 0.1) is 5.92 Å². The normalized spacial score (nSPS) is 20.3. The number of aliphatic hydroxyl groups is 1. The Bertz CT molecular complexity index is 1370. The van der Waals surface area contributed by atoms with Crippen LogP contribution in [0.25, 0.3) is 0 Å². The van der Waals surface area contributed by atoms with E-state index in [1.807, 2.05) is 13.8 Å². The van der Waals surface area contributed by atoms with Gasteiger partial charge in [0.05, 0.1) is 12.1 Å². The third-order valence-corrected chi connectivity index (χ3v) is 9.96. The summed E-state index contributed by atoms with van der Waals surface area (Å²) in [5.41, 5.74) is 7.71. The van der Waals surface area contributed by atoms with Crippen molar-refractivity contribution in [2.75, 3.05) is 18.1 Å². The van der Waals surface area contributed by atoms with Crippen LogP contribution in [0.3, 0.4) is 0 Å². The molecule has 2 aromatic rings. The summed E-state index contributed by atoms with van der Waals surface area (Å²) in [7, 11) is 0. The molecule has 3 heterocycles. The fourth-order valence-electron chi connectivity index (χ4n) is 4.85. The fraction of sp³-hybridized carbons (Fsp3) is 0.500. The van der Waals surface area contributed by atoms with Gasteiger partial charge >= 0.3 is 11.9 Å². The van der Waals surface area contributed by atoms with E-state index in [1.54, 1.807) is 24.3 Å². The molecule has 0 radical (unpaired) electrons. The first kappa shape index (κ1) is 33.1. The van der Waals surface area contributed by atoms with Crippen LogP contribution >= 0.6 is 35.1 Å². The number of thioether (sulfide) groups is 2. The van der Waals surface area contributed by atoms with Crippen LogP contribution in [0.4, 0.5) is 0 Å². The number of nitrogens with one attached hydrogen (secondary N) is 1. The van der Waals surface area contributed by atoms with E-state index in [1.165, 1.54) is 60.1 Å². The molecular weight excluding hydrogens is 615 g/mol. The first-order valence-electron chi connectivity index (χ1n) is 13.7. The molecule has 232 valence electrons. The van der Waals surface area contributed by atoms with Crippen molar-refractivity contribution in [2.45, 2.75) is 68.3 Å². The molecule has 1 aromatic heterocycles. The monoisotopic (exact) mass is 649 g/mol. The lowest BCUT2D eigenvalue weighted by Gasteiger charge is -2.50. The number of aliphatic hydroxyl groups excluding tert-OH is 1. The molecular formula is C28H35N5O7S3. The van der Waals surface area contributed by atoms with Crippen molar-refractivity contribution in [3.05, 3.63) is 53.0 Å². The summed E-state index contributed by atoms with van der Waals surface area (Å²) in [5.74, 6) is -0.923. The molecule has 2 aliphatic heterocycles. The van der Waals surface area contributed by atoms with Crippen LogP contribution in [-0.4, -0.2) is 84.8 Å². The van der Waals surface area contributed by atoms with Gasteiger partial charge in [0.1, 0.15) is 23.4 Å². The Labute approximate surface area is 262 Å². The number of ether oxygens (including phenoxy) is 2. The van der Waals surface area contributed by atoms with E-state index in [2.05, 4.69) is 14.7 Å². The molecule has 1 amide bonds. The lowest BCUT2D eigenvalue weighted by Crippen LogP contribution is -2.70. The lowest BCUT2D eigenvalue weighted by atomic mass is 9.92. The molecule has 0 aliphatic carbocycles. The number of β-lactam (4-membered cyclic amide) rings is 1. The zero-order chi connectivity index (χ0) is 31.3. The number of aromatic nitrogens is 2. The summed E-state index contributed by atoms with van der Waals surface area (Å²) in [6, 6.07) is 5.41. The molecule has 12 nitrogen and oxygen atoms in total. The van der Waals surface area contributed by atoms with E-state index in [0.29, 0.717) is 39.0 Å². The highest BCUT2D eigenvalue weighted by atomic mass is 32.2. The quantitative estimate of drug-likeness (QED) is 0.0896. The second-order valence-corrected chi connectivity index (χ2v) is 13.6. The summed E-state index contributed by atoms with van der Waals surface area (Å²) in [6.07, 6.45) is -0.253. The standard InChI is InChI=1S/C28H35N5O7S3/c1-14(2)9-20(29)24(36)19-8-6-5-7-18(19)21(35)10-30-22-25(37)33-23(27(38)40-16(4)39-15(3)34)17(11-41-26(22)33)12-42-28-31-13-32-43-28/h5-8,13-14,16,20-22,26,30,35H,9-12,29H2,1-4H3/t16?,20-,21?,22?,26-/m0/s1. The molecule has 1 fully saturated rings. The number of hydrogen-bond acceptors (Lipinski definition) is 14. The SMILES string of the molecule is CC(=O)OC(C)OC(=O)C1=C(CSc2ncns2)CS[C@H]2C(NCC(O)c3ccccc3C(=O)[C@@H](N)CC(C)C)C(=O)N12. The number of rotatable bonds is 14. The average molecular weight is 650 g/mol. The molecule has 1 saturated heterocycles. The molecule has 4 N–H and O–H groups in total. The number of nitrogens with two attached hydrogens (primary N) is 1. The van der Waals surface area contributed by atoms with Crippen molar-refractivity contribution in [1.82, 2.24) is 19.6 Å². The summed E-state index contributed by atoms with van der Waals surface area (Å²) in [5, 5.41) is 13.7. The second kappa shape index (κ2) is 14.8. The average Bonchev–Trinajstić information content (AvgIpc) is 3.48. The van der Waals surface area contributed by atoms with Crippen LogP contribution in [0.15, 0.2) is 46.2 Å². The Morgan fingerprint density at radius 2 is 1.98 bits per heavy atom. The fourth-order valence-corrected chi connectivity index (χ4v) is 7.81. The Balaban J connectivity index is 1.47. The van der Waals surface area contributed by atoms with Gasteiger partial charge in [-0.15, -0.1) is 11.8 Å². The molecule has 0 spiro atoms. The van der Waals surface area contributed by atoms with Crippen molar-refractivity contribution in [1.29, 1.82) is 0 Å². The van der Waals surface area contributed by atoms with Crippen molar-refractivity contribution in [2.24, 2.45) is 11.7 Å². The highest BCUT2D eigenvalue weighted by Crippen LogP contribution is 2.42. The number of amides is 1. The first-order chi connectivity index (χ1) is 20.5. The minimum Gasteiger partial charge on any atom is -0.426 e. The summed E-state index contributed by atoms with van der Waals surface area (Å²) in [4.78, 5) is 56.6. The van der Waals surface area contributed by atoms with Gasteiger partial charge in [-0.3, -0.25) is 19.3 Å². The highest BCUT2D eigenvalue weighted by Gasteiger charge is 2.53. The largest absolute Gasteiger partial charge is 0.426 e. The number of esters is 2. The second-order valence-electron chi connectivity index (χ2n) is 10.5. The van der Waals surface area contributed by atoms with Gasteiger partial charge in [-0.1, -0.05) is 49.9 Å². The summed E-state index contributed by atoms with van der Waals surface area (Å²) in [6.45, 7) is 6.60. The minimum absolute atomic E-state index is 0.00223. The van der Waals surface area contributed by atoms with Gasteiger partial charge in [0.15, 0.2) is 10.1 Å². The molecule has 1 aromatic carbocycles. The maximum absolute atomic E-state index is 13.4. The van der Waals surface area contributed by atoms with E-state index < -0.39 is 41.8 Å². The molecule has 3 unspecified atom stereocenters. The van der Waals surface area contributed by atoms with Gasteiger partial charge in [0.25, 0.3) is 0 Å². The Morgan fingerprint density at radius 3 is 2.65 bits per heavy atom. The Hall–Kier alpha value is -2.82. The zero-order valence-corrected chi connectivity index (χ0v) is 26.7. The number of carbonyl (C=O) groups is 4. The number of nitrogens with zero attached hydrogens (tertiary/aromatic N) is 3. The van der Waals surface area contributed by atoms with Gasteiger partial charge in [0, 0.05) is 37.5 Å². The van der Waals surface area contributed by atoms with Crippen molar-refractivity contribution >= 4 is 58.7 Å². The van der Waals surface area contributed by atoms with Crippen LogP contribution in [-0.2, 0) is 23.9 Å². The topological polar surface area (TPSA) is 174 Å². The third-order valence-electron chi connectivity index (χ3n) is 6.73. The predicted molar refractivity (Wildman–Crippen MR) is 163 cm³/mol. The van der Waals surface area contributed by atoms with E-state index in [4.69, 9.17) is 15.2 Å². The van der Waals surface area contributed by atoms with Crippen LogP contribution in [0.5, 0.6) is 0 Å². The third kappa shape index (κ3) is 8.02. The van der Waals surface area contributed by atoms with Gasteiger partial charge < -0.3 is 25.6 Å². The smallest absolute Gasteiger partial charge is 0.358 e. The van der Waals surface area contributed by atoms with Gasteiger partial charge in [-0.25, -0.2) is 9.78 Å². The molecule has 5 atom stereocenters. The van der Waals surface area contributed by atoms with Gasteiger partial charge in [0.2, 0.25) is 12.2 Å². The van der Waals surface area contributed by atoms with Gasteiger partial charge in [-0.2, -0.15) is 4.37 Å². The number of carbonyl (C=O) groups excluding carboxylic acids is 4. The van der Waals surface area contributed by atoms with E-state index in [9.17, 15) is 24.3 Å². The molecule has 43 heavy (non-hydrogen) atoms. The highest BCUT2D eigenvalue weighted by molar-refractivity contribution is 8.01. The van der Waals surface area contributed by atoms with E-state index in [-0.39, 0.29) is 29.9 Å². The molecule has 0 bridgehead atoms. The Morgan fingerprint density at radius 1 is 1.23 bits per heavy atom. The number of benzene rings is 1. The summed E-state index contributed by atoms with van der Waals surface area (Å²) >= 11 is 4.10. The van der Waals surface area contributed by atoms with E-state index in [0.717, 1.165) is 0 Å². The number of ketones is 1. The van der Waals surface area contributed by atoms with Gasteiger partial charge in [-0.05, 0) is 35.0 Å². The zero-order valence-electron chi connectivity index (χ0n) is 24.2. The Kier molecular flexibility index (Phi) is 11.4. The van der Waals surface area contributed by atoms with Crippen molar-refractivity contribution in [3.63, 3.8) is 0 Å². The first-order valence-corrected chi connectivity index (χ1v) is 16.5. The summed E-state index contributed by atoms with van der Waals surface area (Å²) < 4.78 is 15.0. The van der Waals surface area contributed by atoms with Crippen molar-refractivity contribution < 1.29 is 33.8 Å². The maximum Gasteiger partial charge on any atom is 0.358 e. The molecule has 4 rings (SSSR count). The predicted octanol–water partition coefficient (Wildman–Crippen LogP) is 2.50. The molecule has 2 aliphatic rings. The number of fused-ring (bicyclic) bond motifs is 1. The van der Waals surface area contributed by atoms with Crippen molar-refractivity contribution in [3.8, 4) is 0 Å². The van der Waals surface area contributed by atoms with Crippen LogP contribution < -0.4 is 11.1 Å². The molecule has 15 heteroatoms. The van der Waals surface area contributed by atoms with Crippen LogP contribution in [0.2, 0.25) is 0 Å². The number of Topliss-reactive ketones (excluding diaryl/α,β-unsaturated/α-hetero) is 1. The number of hydrogen-bond donors (Lipinski definition) is 3. The van der Waals surface area contributed by atoms with Crippen LogP contribution in [0.1, 0.15) is 56.1 Å². The lowest BCUT2D eigenvalue weighted by molar-refractivity contribution is -0.182. The molecule has 0 saturated carbocycles.